The summed E-state index contributed by atoms with van der Waals surface area (Å²) in [5.74, 6) is 1.08. The van der Waals surface area contributed by atoms with Crippen LogP contribution in [-0.4, -0.2) is 27.9 Å². The van der Waals surface area contributed by atoms with Gasteiger partial charge in [0.15, 0.2) is 11.5 Å². The van der Waals surface area contributed by atoms with E-state index < -0.39 is 5.25 Å². The van der Waals surface area contributed by atoms with E-state index in [0.717, 1.165) is 32.9 Å². The summed E-state index contributed by atoms with van der Waals surface area (Å²) in [6, 6.07) is 20.7. The van der Waals surface area contributed by atoms with Crippen molar-refractivity contribution in [3.8, 4) is 11.5 Å². The van der Waals surface area contributed by atoms with Gasteiger partial charge in [-0.2, -0.15) is 0 Å². The molecule has 0 aliphatic carbocycles. The number of thioether (sulfide) groups is 1. The van der Waals surface area contributed by atoms with Gasteiger partial charge >= 0.3 is 0 Å². The number of nitrogens with zero attached hydrogens (tertiary/aromatic N) is 1. The zero-order valence-electron chi connectivity index (χ0n) is 18.5. The lowest BCUT2D eigenvalue weighted by atomic mass is 10.1. The summed E-state index contributed by atoms with van der Waals surface area (Å²) in [6.45, 7) is 3.06. The van der Waals surface area contributed by atoms with Crippen LogP contribution >= 0.6 is 39.3 Å². The number of hydrogen-bond donors (Lipinski definition) is 0. The maximum Gasteiger partial charge on any atom is 0.289 e. The summed E-state index contributed by atoms with van der Waals surface area (Å²) in [5, 5.41) is -0.0855. The average molecular weight is 561 g/mol. The Balaban J connectivity index is 1.42. The maximum atomic E-state index is 13.0. The lowest BCUT2D eigenvalue weighted by Crippen LogP contribution is -2.31. The minimum Gasteiger partial charge on any atom is -0.490 e. The van der Waals surface area contributed by atoms with Crippen LogP contribution in [0.2, 0.25) is 5.02 Å². The molecule has 0 aromatic heterocycles. The SMILES string of the molecule is CCOc1cc(C[C@@H]2SC(=O)N(Cc3ccc(Cl)cc3)C2=O)ccc1OCc1ccc(Br)cc1. The molecule has 0 bridgehead atoms. The van der Waals surface area contributed by atoms with Crippen molar-refractivity contribution in [2.75, 3.05) is 6.61 Å². The maximum absolute atomic E-state index is 13.0. The number of benzene rings is 3. The van der Waals surface area contributed by atoms with Crippen molar-refractivity contribution in [3.63, 3.8) is 0 Å². The molecule has 0 spiro atoms. The summed E-state index contributed by atoms with van der Waals surface area (Å²) in [7, 11) is 0. The van der Waals surface area contributed by atoms with Gasteiger partial charge in [-0.25, -0.2) is 0 Å². The molecule has 8 heteroatoms. The minimum atomic E-state index is -0.469. The summed E-state index contributed by atoms with van der Waals surface area (Å²) >= 11 is 10.4. The highest BCUT2D eigenvalue weighted by molar-refractivity contribution is 9.10. The summed E-state index contributed by atoms with van der Waals surface area (Å²) in [5.41, 5.74) is 2.81. The molecule has 0 saturated carbocycles. The summed E-state index contributed by atoms with van der Waals surface area (Å²) < 4.78 is 12.8. The number of rotatable bonds is 9. The van der Waals surface area contributed by atoms with Gasteiger partial charge in [0.05, 0.1) is 18.4 Å². The lowest BCUT2D eigenvalue weighted by molar-refractivity contribution is -0.127. The van der Waals surface area contributed by atoms with Crippen LogP contribution in [0.1, 0.15) is 23.6 Å². The number of hydrogen-bond acceptors (Lipinski definition) is 5. The van der Waals surface area contributed by atoms with Crippen molar-refractivity contribution < 1.29 is 19.1 Å². The molecule has 3 aromatic carbocycles. The van der Waals surface area contributed by atoms with Crippen LogP contribution in [0.4, 0.5) is 4.79 Å². The van der Waals surface area contributed by atoms with Crippen molar-refractivity contribution in [2.24, 2.45) is 0 Å². The first-order chi connectivity index (χ1) is 16.4. The van der Waals surface area contributed by atoms with Crippen LogP contribution in [0.3, 0.4) is 0 Å². The Labute approximate surface area is 216 Å². The van der Waals surface area contributed by atoms with Crippen molar-refractivity contribution >= 4 is 50.4 Å². The zero-order chi connectivity index (χ0) is 24.1. The predicted octanol–water partition coefficient (Wildman–Crippen LogP) is 6.89. The fourth-order valence-electron chi connectivity index (χ4n) is 3.57. The first-order valence-electron chi connectivity index (χ1n) is 10.8. The van der Waals surface area contributed by atoms with Gasteiger partial charge < -0.3 is 9.47 Å². The molecule has 176 valence electrons. The van der Waals surface area contributed by atoms with Crippen molar-refractivity contribution in [1.29, 1.82) is 0 Å². The van der Waals surface area contributed by atoms with Gasteiger partial charge in [-0.05, 0) is 66.4 Å². The van der Waals surface area contributed by atoms with Gasteiger partial charge in [0.25, 0.3) is 5.24 Å². The van der Waals surface area contributed by atoms with Crippen LogP contribution in [0.25, 0.3) is 0 Å². The number of carbonyl (C=O) groups is 2. The molecule has 1 heterocycles. The molecule has 1 fully saturated rings. The van der Waals surface area contributed by atoms with Gasteiger partial charge in [-0.3, -0.25) is 14.5 Å². The van der Waals surface area contributed by atoms with Crippen LogP contribution in [0, 0.1) is 0 Å². The number of ether oxygens (including phenoxy) is 2. The highest BCUT2D eigenvalue weighted by atomic mass is 79.9. The van der Waals surface area contributed by atoms with E-state index in [-0.39, 0.29) is 17.7 Å². The monoisotopic (exact) mass is 559 g/mol. The van der Waals surface area contributed by atoms with Gasteiger partial charge in [0.1, 0.15) is 6.61 Å². The highest BCUT2D eigenvalue weighted by Gasteiger charge is 2.39. The molecule has 3 aromatic rings. The van der Waals surface area contributed by atoms with Crippen molar-refractivity contribution in [1.82, 2.24) is 4.90 Å². The molecule has 2 amide bonds. The van der Waals surface area contributed by atoms with E-state index in [1.807, 2.05) is 61.5 Å². The third-order valence-electron chi connectivity index (χ3n) is 5.30. The second kappa shape index (κ2) is 11.3. The number of amides is 2. The van der Waals surface area contributed by atoms with E-state index in [9.17, 15) is 9.59 Å². The molecule has 1 aliphatic rings. The average Bonchev–Trinajstić information content (AvgIpc) is 3.08. The Hall–Kier alpha value is -2.48. The Morgan fingerprint density at radius 1 is 0.912 bits per heavy atom. The lowest BCUT2D eigenvalue weighted by Gasteiger charge is -2.15. The molecule has 0 N–H and O–H groups in total. The fourth-order valence-corrected chi connectivity index (χ4v) is 4.99. The number of halogens is 2. The summed E-state index contributed by atoms with van der Waals surface area (Å²) in [4.78, 5) is 26.8. The van der Waals surface area contributed by atoms with Crippen LogP contribution in [-0.2, 0) is 24.4 Å². The second-order valence-electron chi connectivity index (χ2n) is 7.76. The largest absolute Gasteiger partial charge is 0.490 e. The first kappa shape index (κ1) is 24.6. The van der Waals surface area contributed by atoms with Gasteiger partial charge in [-0.1, -0.05) is 69.6 Å². The first-order valence-corrected chi connectivity index (χ1v) is 12.9. The topological polar surface area (TPSA) is 55.8 Å². The Kier molecular flexibility index (Phi) is 8.19. The fraction of sp³-hybridized carbons (Fsp3) is 0.231. The molecule has 1 saturated heterocycles. The molecular formula is C26H23BrClNO4S. The molecule has 4 rings (SSSR count). The highest BCUT2D eigenvalue weighted by Crippen LogP contribution is 2.34. The van der Waals surface area contributed by atoms with Crippen LogP contribution in [0.5, 0.6) is 11.5 Å². The van der Waals surface area contributed by atoms with E-state index in [0.29, 0.717) is 36.2 Å². The molecule has 5 nitrogen and oxygen atoms in total. The van der Waals surface area contributed by atoms with Crippen LogP contribution in [0.15, 0.2) is 71.2 Å². The quantitative estimate of drug-likeness (QED) is 0.285. The predicted molar refractivity (Wildman–Crippen MR) is 139 cm³/mol. The van der Waals surface area contributed by atoms with Gasteiger partial charge in [-0.15, -0.1) is 0 Å². The Morgan fingerprint density at radius 3 is 2.29 bits per heavy atom. The van der Waals surface area contributed by atoms with E-state index in [1.165, 1.54) is 4.90 Å². The number of imide groups is 1. The molecule has 0 radical (unpaired) electrons. The van der Waals surface area contributed by atoms with Gasteiger partial charge in [0.2, 0.25) is 5.91 Å². The van der Waals surface area contributed by atoms with Crippen LogP contribution < -0.4 is 9.47 Å². The Morgan fingerprint density at radius 2 is 1.59 bits per heavy atom. The van der Waals surface area contributed by atoms with Crippen molar-refractivity contribution in [3.05, 3.63) is 92.9 Å². The summed E-state index contributed by atoms with van der Waals surface area (Å²) in [6.07, 6.45) is 0.430. The third kappa shape index (κ3) is 6.14. The molecule has 34 heavy (non-hydrogen) atoms. The second-order valence-corrected chi connectivity index (χ2v) is 10.3. The van der Waals surface area contributed by atoms with E-state index >= 15 is 0 Å². The Bertz CT molecular complexity index is 1170. The smallest absolute Gasteiger partial charge is 0.289 e. The molecular weight excluding hydrogens is 538 g/mol. The molecule has 0 unspecified atom stereocenters. The van der Waals surface area contributed by atoms with Crippen molar-refractivity contribution in [2.45, 2.75) is 31.7 Å². The zero-order valence-corrected chi connectivity index (χ0v) is 21.7. The normalized spacial score (nSPS) is 15.6. The third-order valence-corrected chi connectivity index (χ3v) is 7.15. The van der Waals surface area contributed by atoms with E-state index in [1.54, 1.807) is 12.1 Å². The standard InChI is InChI=1S/C26H23BrClNO4S/c1-2-32-23-13-19(7-12-22(23)33-16-18-3-8-20(27)9-4-18)14-24-25(30)29(26(31)34-24)15-17-5-10-21(28)11-6-17/h3-13,24H,2,14-16H2,1H3/t24-/m0/s1. The van der Waals surface area contributed by atoms with E-state index in [2.05, 4.69) is 15.9 Å². The van der Waals surface area contributed by atoms with E-state index in [4.69, 9.17) is 21.1 Å². The molecule has 1 atom stereocenters. The molecule has 1 aliphatic heterocycles. The number of carbonyl (C=O) groups excluding carboxylic acids is 2. The van der Waals surface area contributed by atoms with Gasteiger partial charge in [0, 0.05) is 9.50 Å². The minimum absolute atomic E-state index is 0.182.